The van der Waals surface area contributed by atoms with Crippen LogP contribution in [0.3, 0.4) is 0 Å². The van der Waals surface area contributed by atoms with Gasteiger partial charge < -0.3 is 0 Å². The molecular weight excluding hydrogens is 168 g/mol. The molecule has 4 saturated carbocycles. The maximum atomic E-state index is 1.65. The van der Waals surface area contributed by atoms with E-state index in [1.807, 2.05) is 0 Å². The first-order valence-electron chi connectivity index (χ1n) is 6.93. The quantitative estimate of drug-likeness (QED) is 0.544. The Morgan fingerprint density at radius 3 is 1.43 bits per heavy atom. The van der Waals surface area contributed by atoms with Gasteiger partial charge in [-0.15, -0.1) is 0 Å². The molecule has 4 fully saturated rings. The Morgan fingerprint density at radius 2 is 1.00 bits per heavy atom. The van der Waals surface area contributed by atoms with E-state index in [2.05, 4.69) is 0 Å². The van der Waals surface area contributed by atoms with Gasteiger partial charge in [0.15, 0.2) is 0 Å². The molecule has 0 aromatic rings. The summed E-state index contributed by atoms with van der Waals surface area (Å²) in [5.41, 5.74) is 0. The molecule has 0 heteroatoms. The van der Waals surface area contributed by atoms with Crippen LogP contribution < -0.4 is 0 Å². The number of fused-ring (bicyclic) bond motifs is 5. The van der Waals surface area contributed by atoms with Crippen molar-refractivity contribution in [2.75, 3.05) is 0 Å². The van der Waals surface area contributed by atoms with Crippen molar-refractivity contribution in [2.24, 2.45) is 35.5 Å². The first kappa shape index (κ1) is 8.19. The van der Waals surface area contributed by atoms with Crippen LogP contribution in [0.25, 0.3) is 0 Å². The zero-order valence-corrected chi connectivity index (χ0v) is 9.12. The lowest BCUT2D eigenvalue weighted by molar-refractivity contribution is -0.153. The van der Waals surface area contributed by atoms with Crippen LogP contribution in [0.2, 0.25) is 0 Å². The van der Waals surface area contributed by atoms with Gasteiger partial charge in [0.05, 0.1) is 0 Å². The Kier molecular flexibility index (Phi) is 1.62. The van der Waals surface area contributed by atoms with Crippen LogP contribution in [0.1, 0.15) is 51.4 Å². The Morgan fingerprint density at radius 1 is 0.500 bits per heavy atom. The van der Waals surface area contributed by atoms with Crippen LogP contribution in [0, 0.1) is 35.5 Å². The molecule has 0 spiro atoms. The van der Waals surface area contributed by atoms with Crippen molar-refractivity contribution >= 4 is 0 Å². The van der Waals surface area contributed by atoms with E-state index in [9.17, 15) is 0 Å². The third-order valence-electron chi connectivity index (χ3n) is 6.25. The molecule has 0 amide bonds. The summed E-state index contributed by atoms with van der Waals surface area (Å²) < 4.78 is 0. The van der Waals surface area contributed by atoms with Gasteiger partial charge in [0.25, 0.3) is 0 Å². The van der Waals surface area contributed by atoms with Crippen LogP contribution in [0.15, 0.2) is 0 Å². The Balaban J connectivity index is 1.53. The Hall–Kier alpha value is 0. The van der Waals surface area contributed by atoms with Gasteiger partial charge >= 0.3 is 0 Å². The monoisotopic (exact) mass is 190 g/mol. The molecule has 78 valence electrons. The van der Waals surface area contributed by atoms with Crippen LogP contribution in [-0.2, 0) is 0 Å². The molecule has 6 atom stereocenters. The van der Waals surface area contributed by atoms with E-state index in [0.29, 0.717) is 0 Å². The summed E-state index contributed by atoms with van der Waals surface area (Å²) in [6.07, 6.45) is 12.8. The lowest BCUT2D eigenvalue weighted by atomic mass is 9.41. The first-order valence-corrected chi connectivity index (χ1v) is 6.93. The van der Waals surface area contributed by atoms with Crippen molar-refractivity contribution in [1.82, 2.24) is 0 Å². The predicted octanol–water partition coefficient (Wildman–Crippen LogP) is 3.86. The van der Waals surface area contributed by atoms with Gasteiger partial charge in [0.2, 0.25) is 0 Å². The highest BCUT2D eigenvalue weighted by Crippen LogP contribution is 2.65. The molecule has 0 bridgehead atoms. The molecular formula is C14H22. The van der Waals surface area contributed by atoms with Crippen molar-refractivity contribution in [3.63, 3.8) is 0 Å². The molecule has 0 nitrogen and oxygen atoms in total. The molecule has 0 radical (unpaired) electrons. The minimum atomic E-state index is 1.17. The second-order valence-electron chi connectivity index (χ2n) is 6.51. The highest BCUT2D eigenvalue weighted by Gasteiger charge is 2.57. The predicted molar refractivity (Wildman–Crippen MR) is 57.9 cm³/mol. The van der Waals surface area contributed by atoms with E-state index in [-0.39, 0.29) is 0 Å². The third-order valence-corrected chi connectivity index (χ3v) is 6.25. The average molecular weight is 190 g/mol. The normalized spacial score (nSPS) is 60.0. The van der Waals surface area contributed by atoms with Gasteiger partial charge in [0.1, 0.15) is 0 Å². The Labute approximate surface area is 87.5 Å². The fourth-order valence-electron chi connectivity index (χ4n) is 5.41. The summed E-state index contributed by atoms with van der Waals surface area (Å²) >= 11 is 0. The maximum absolute atomic E-state index is 1.65. The van der Waals surface area contributed by atoms with Crippen LogP contribution in [0.4, 0.5) is 0 Å². The molecule has 0 N–H and O–H groups in total. The standard InChI is InChI=1S/C14H22/c1-2-4-10-8-14-12-6-5-11(12)13(14)7-9(10)3-1/h9-14H,1-8H2. The lowest BCUT2D eigenvalue weighted by Crippen LogP contribution is -2.57. The lowest BCUT2D eigenvalue weighted by Gasteiger charge is -2.64. The van der Waals surface area contributed by atoms with Gasteiger partial charge in [-0.2, -0.15) is 0 Å². The smallest absolute Gasteiger partial charge is 0.0349 e. The molecule has 4 rings (SSSR count). The van der Waals surface area contributed by atoms with Crippen molar-refractivity contribution in [3.8, 4) is 0 Å². The molecule has 0 heterocycles. The summed E-state index contributed by atoms with van der Waals surface area (Å²) in [7, 11) is 0. The topological polar surface area (TPSA) is 0 Å². The van der Waals surface area contributed by atoms with Gasteiger partial charge in [-0.1, -0.05) is 25.7 Å². The van der Waals surface area contributed by atoms with Gasteiger partial charge in [-0.25, -0.2) is 0 Å². The first-order chi connectivity index (χ1) is 6.93. The van der Waals surface area contributed by atoms with Crippen molar-refractivity contribution < 1.29 is 0 Å². The molecule has 0 aromatic carbocycles. The van der Waals surface area contributed by atoms with E-state index >= 15 is 0 Å². The van der Waals surface area contributed by atoms with Crippen molar-refractivity contribution in [2.45, 2.75) is 51.4 Å². The molecule has 0 aliphatic heterocycles. The second kappa shape index (κ2) is 2.77. The Bertz CT molecular complexity index is 214. The fourth-order valence-corrected chi connectivity index (χ4v) is 5.41. The van der Waals surface area contributed by atoms with Crippen molar-refractivity contribution in [3.05, 3.63) is 0 Å². The van der Waals surface area contributed by atoms with Crippen LogP contribution >= 0.6 is 0 Å². The van der Waals surface area contributed by atoms with E-state index in [0.717, 1.165) is 0 Å². The van der Waals surface area contributed by atoms with Crippen molar-refractivity contribution in [1.29, 1.82) is 0 Å². The summed E-state index contributed by atoms with van der Waals surface area (Å²) in [5, 5.41) is 0. The molecule has 0 aromatic heterocycles. The zero-order valence-electron chi connectivity index (χ0n) is 9.12. The number of rotatable bonds is 0. The zero-order chi connectivity index (χ0) is 9.12. The summed E-state index contributed by atoms with van der Waals surface area (Å²) in [6.45, 7) is 0. The van der Waals surface area contributed by atoms with Crippen LogP contribution in [0.5, 0.6) is 0 Å². The second-order valence-corrected chi connectivity index (χ2v) is 6.51. The number of hydrogen-bond donors (Lipinski definition) is 0. The summed E-state index contributed by atoms with van der Waals surface area (Å²) in [5.74, 6) is 7.23. The van der Waals surface area contributed by atoms with E-state index in [1.165, 1.54) is 35.5 Å². The number of hydrogen-bond acceptors (Lipinski definition) is 0. The third kappa shape index (κ3) is 0.907. The fraction of sp³-hybridized carbons (Fsp3) is 1.00. The minimum Gasteiger partial charge on any atom is -0.0530 e. The van der Waals surface area contributed by atoms with E-state index in [1.54, 1.807) is 51.4 Å². The molecule has 4 aliphatic carbocycles. The minimum absolute atomic E-state index is 1.17. The molecule has 0 saturated heterocycles. The molecule has 6 unspecified atom stereocenters. The van der Waals surface area contributed by atoms with E-state index in [4.69, 9.17) is 0 Å². The summed E-state index contributed by atoms with van der Waals surface area (Å²) in [4.78, 5) is 0. The highest BCUT2D eigenvalue weighted by atomic mass is 14.6. The molecule has 14 heavy (non-hydrogen) atoms. The van der Waals surface area contributed by atoms with Gasteiger partial charge in [-0.05, 0) is 61.2 Å². The highest BCUT2D eigenvalue weighted by molar-refractivity contribution is 5.07. The maximum Gasteiger partial charge on any atom is -0.0349 e. The SMILES string of the molecule is C1CCC2CC3C4CCC4C3CC2C1. The van der Waals surface area contributed by atoms with Gasteiger partial charge in [0, 0.05) is 0 Å². The molecule has 4 aliphatic rings. The van der Waals surface area contributed by atoms with Gasteiger partial charge in [-0.3, -0.25) is 0 Å². The average Bonchev–Trinajstić information content (AvgIpc) is 2.17. The largest absolute Gasteiger partial charge is 0.0530 e. The summed E-state index contributed by atoms with van der Waals surface area (Å²) in [6, 6.07) is 0. The van der Waals surface area contributed by atoms with E-state index < -0.39 is 0 Å². The van der Waals surface area contributed by atoms with Crippen LogP contribution in [-0.4, -0.2) is 0 Å².